The Hall–Kier alpha value is -0.660. The largest absolute Gasteiger partial charge is 0.390 e. The number of nitrogens with zero attached hydrogens (tertiary/aromatic N) is 1. The molecule has 0 bridgehead atoms. The van der Waals surface area contributed by atoms with Crippen molar-refractivity contribution in [2.24, 2.45) is 4.99 Å². The minimum Gasteiger partial charge on any atom is -0.390 e. The predicted molar refractivity (Wildman–Crippen MR) is 36.4 cm³/mol. The minimum absolute atomic E-state index is 0.342. The van der Waals surface area contributed by atoms with E-state index >= 15 is 0 Å². The van der Waals surface area contributed by atoms with Crippen LogP contribution in [0.1, 0.15) is 26.7 Å². The summed E-state index contributed by atoms with van der Waals surface area (Å²) in [5, 5.41) is 9.29. The first kappa shape index (κ1) is 7.45. The number of hydrogen-bond donors (Lipinski definition) is 1. The van der Waals surface area contributed by atoms with Crippen LogP contribution in [0.4, 0.5) is 0 Å². The van der Waals surface area contributed by atoms with Crippen molar-refractivity contribution in [3.63, 3.8) is 0 Å². The first-order chi connectivity index (χ1) is 4.47. The van der Waals surface area contributed by atoms with Crippen LogP contribution in [0.15, 0.2) is 4.99 Å². The Balaban J connectivity index is 2.57. The summed E-state index contributed by atoms with van der Waals surface area (Å²) in [6, 6.07) is 0. The zero-order valence-corrected chi connectivity index (χ0v) is 6.22. The Morgan fingerprint density at radius 1 is 1.50 bits per heavy atom. The third-order valence-electron chi connectivity index (χ3n) is 1.84. The SMILES string of the molecule is CC1(O)CC(C)(N=C=O)C1. The highest BCUT2D eigenvalue weighted by molar-refractivity contribution is 5.36. The second kappa shape index (κ2) is 1.91. The van der Waals surface area contributed by atoms with Gasteiger partial charge in [0.15, 0.2) is 0 Å². The van der Waals surface area contributed by atoms with Gasteiger partial charge in [-0.2, -0.15) is 4.99 Å². The number of aliphatic hydroxyl groups is 1. The third-order valence-corrected chi connectivity index (χ3v) is 1.84. The average molecular weight is 141 g/mol. The summed E-state index contributed by atoms with van der Waals surface area (Å²) in [6.07, 6.45) is 2.64. The molecule has 1 fully saturated rings. The van der Waals surface area contributed by atoms with Crippen molar-refractivity contribution in [2.75, 3.05) is 0 Å². The number of hydrogen-bond acceptors (Lipinski definition) is 3. The zero-order valence-electron chi connectivity index (χ0n) is 6.22. The quantitative estimate of drug-likeness (QED) is 0.430. The van der Waals surface area contributed by atoms with E-state index in [2.05, 4.69) is 4.99 Å². The molecule has 0 aliphatic heterocycles. The van der Waals surface area contributed by atoms with Gasteiger partial charge < -0.3 is 5.11 Å². The van der Waals surface area contributed by atoms with E-state index in [1.54, 1.807) is 6.92 Å². The molecule has 1 N–H and O–H groups in total. The van der Waals surface area contributed by atoms with Crippen LogP contribution in [0, 0.1) is 0 Å². The fraction of sp³-hybridized carbons (Fsp3) is 0.857. The monoisotopic (exact) mass is 141 g/mol. The van der Waals surface area contributed by atoms with E-state index in [9.17, 15) is 9.90 Å². The van der Waals surface area contributed by atoms with Gasteiger partial charge >= 0.3 is 0 Å². The van der Waals surface area contributed by atoms with Gasteiger partial charge in [0.05, 0.1) is 11.1 Å². The Labute approximate surface area is 59.8 Å². The average Bonchev–Trinajstić information content (AvgIpc) is 1.58. The molecule has 0 unspecified atom stereocenters. The van der Waals surface area contributed by atoms with Crippen molar-refractivity contribution in [1.29, 1.82) is 0 Å². The van der Waals surface area contributed by atoms with Gasteiger partial charge in [0.25, 0.3) is 0 Å². The van der Waals surface area contributed by atoms with Crippen molar-refractivity contribution in [1.82, 2.24) is 0 Å². The van der Waals surface area contributed by atoms with Gasteiger partial charge in [-0.15, -0.1) is 0 Å². The van der Waals surface area contributed by atoms with Crippen LogP contribution in [0.5, 0.6) is 0 Å². The fourth-order valence-corrected chi connectivity index (χ4v) is 1.78. The molecule has 3 heteroatoms. The van der Waals surface area contributed by atoms with Gasteiger partial charge in [-0.3, -0.25) is 0 Å². The third kappa shape index (κ3) is 1.25. The van der Waals surface area contributed by atoms with E-state index in [1.165, 1.54) is 6.08 Å². The Kier molecular flexibility index (Phi) is 1.42. The molecule has 56 valence electrons. The van der Waals surface area contributed by atoms with Crippen molar-refractivity contribution in [3.05, 3.63) is 0 Å². The Morgan fingerprint density at radius 2 is 2.00 bits per heavy atom. The molecular weight excluding hydrogens is 130 g/mol. The highest BCUT2D eigenvalue weighted by Gasteiger charge is 2.48. The van der Waals surface area contributed by atoms with Crippen LogP contribution in [0.25, 0.3) is 0 Å². The molecule has 0 aromatic heterocycles. The summed E-state index contributed by atoms with van der Waals surface area (Å²) < 4.78 is 0. The van der Waals surface area contributed by atoms with Crippen LogP contribution in [0.3, 0.4) is 0 Å². The smallest absolute Gasteiger partial charge is 0.235 e. The summed E-state index contributed by atoms with van der Waals surface area (Å²) in [5.41, 5.74) is -0.958. The van der Waals surface area contributed by atoms with Gasteiger partial charge in [-0.1, -0.05) is 0 Å². The number of aliphatic imine (C=N–C) groups is 1. The molecule has 0 radical (unpaired) electrons. The zero-order chi connectivity index (χ0) is 7.83. The predicted octanol–water partition coefficient (Wildman–Crippen LogP) is 0.626. The first-order valence-electron chi connectivity index (χ1n) is 3.29. The molecule has 0 atom stereocenters. The maximum absolute atomic E-state index is 9.85. The molecule has 1 saturated carbocycles. The van der Waals surface area contributed by atoms with Crippen molar-refractivity contribution in [2.45, 2.75) is 37.8 Å². The van der Waals surface area contributed by atoms with Gasteiger partial charge in [-0.05, 0) is 13.8 Å². The molecule has 0 saturated heterocycles. The summed E-state index contributed by atoms with van der Waals surface area (Å²) in [6.45, 7) is 3.59. The summed E-state index contributed by atoms with van der Waals surface area (Å²) in [4.78, 5) is 13.4. The molecule has 1 rings (SSSR count). The fourth-order valence-electron chi connectivity index (χ4n) is 1.78. The molecule has 3 nitrogen and oxygen atoms in total. The number of isocyanates is 1. The normalized spacial score (nSPS) is 45.5. The van der Waals surface area contributed by atoms with E-state index < -0.39 is 5.60 Å². The molecule has 1 aliphatic carbocycles. The molecule has 0 spiro atoms. The van der Waals surface area contributed by atoms with E-state index in [0.717, 1.165) is 0 Å². The molecule has 10 heavy (non-hydrogen) atoms. The van der Waals surface area contributed by atoms with Crippen molar-refractivity contribution >= 4 is 6.08 Å². The lowest BCUT2D eigenvalue weighted by atomic mass is 9.67. The van der Waals surface area contributed by atoms with Crippen molar-refractivity contribution in [3.8, 4) is 0 Å². The van der Waals surface area contributed by atoms with Crippen LogP contribution < -0.4 is 0 Å². The number of rotatable bonds is 1. The summed E-state index contributed by atoms with van der Waals surface area (Å²) >= 11 is 0. The maximum atomic E-state index is 9.85. The molecule has 0 aromatic rings. The molecule has 0 amide bonds. The van der Waals surface area contributed by atoms with Crippen LogP contribution in [-0.2, 0) is 4.79 Å². The highest BCUT2D eigenvalue weighted by atomic mass is 16.3. The van der Waals surface area contributed by atoms with Crippen LogP contribution in [0.2, 0.25) is 0 Å². The lowest BCUT2D eigenvalue weighted by Crippen LogP contribution is -2.51. The lowest BCUT2D eigenvalue weighted by Gasteiger charge is -2.45. The number of carbonyl (C=O) groups excluding carboxylic acids is 1. The van der Waals surface area contributed by atoms with Gasteiger partial charge in [-0.25, -0.2) is 4.79 Å². The van der Waals surface area contributed by atoms with Gasteiger partial charge in [0.1, 0.15) is 0 Å². The second-order valence-corrected chi connectivity index (χ2v) is 3.55. The second-order valence-electron chi connectivity index (χ2n) is 3.55. The molecule has 0 heterocycles. The van der Waals surface area contributed by atoms with E-state index in [-0.39, 0.29) is 5.54 Å². The van der Waals surface area contributed by atoms with Crippen LogP contribution in [-0.4, -0.2) is 22.3 Å². The van der Waals surface area contributed by atoms with E-state index in [4.69, 9.17) is 0 Å². The van der Waals surface area contributed by atoms with Crippen molar-refractivity contribution < 1.29 is 9.90 Å². The van der Waals surface area contributed by atoms with Gasteiger partial charge in [0, 0.05) is 12.8 Å². The van der Waals surface area contributed by atoms with Gasteiger partial charge in [0.2, 0.25) is 6.08 Å². The molecular formula is C7H11NO2. The standard InChI is InChI=1S/C7H11NO2/c1-6(8-5-9)3-7(2,10)4-6/h10H,3-4H2,1-2H3. The Bertz CT molecular complexity index is 184. The lowest BCUT2D eigenvalue weighted by molar-refractivity contribution is -0.0631. The Morgan fingerprint density at radius 3 is 2.30 bits per heavy atom. The molecule has 1 aliphatic rings. The minimum atomic E-state index is -0.616. The highest BCUT2D eigenvalue weighted by Crippen LogP contribution is 2.43. The topological polar surface area (TPSA) is 49.7 Å². The maximum Gasteiger partial charge on any atom is 0.235 e. The summed E-state index contributed by atoms with van der Waals surface area (Å²) in [5.74, 6) is 0. The summed E-state index contributed by atoms with van der Waals surface area (Å²) in [7, 11) is 0. The van der Waals surface area contributed by atoms with Crippen LogP contribution >= 0.6 is 0 Å². The van der Waals surface area contributed by atoms with E-state index in [1.807, 2.05) is 6.92 Å². The first-order valence-corrected chi connectivity index (χ1v) is 3.29. The molecule has 0 aromatic carbocycles. The van der Waals surface area contributed by atoms with E-state index in [0.29, 0.717) is 12.8 Å².